The lowest BCUT2D eigenvalue weighted by atomic mass is 10.3. The normalized spacial score (nSPS) is 16.5. The largest absolute Gasteiger partial charge is 0.457 e. The predicted octanol–water partition coefficient (Wildman–Crippen LogP) is 2.56. The predicted molar refractivity (Wildman–Crippen MR) is 40.5 cm³/mol. The number of ether oxygens (including phenoxy) is 2. The molecule has 0 aromatic carbocycles. The first-order valence-electron chi connectivity index (χ1n) is 3.06. The van der Waals surface area contributed by atoms with E-state index in [2.05, 4.69) is 15.9 Å². The first-order valence-corrected chi connectivity index (χ1v) is 3.85. The highest BCUT2D eigenvalue weighted by atomic mass is 79.9. The number of hydrogen-bond acceptors (Lipinski definition) is 3. The highest BCUT2D eigenvalue weighted by molar-refractivity contribution is 9.10. The molecule has 0 N–H and O–H groups in total. The van der Waals surface area contributed by atoms with Crippen LogP contribution in [0.5, 0.6) is 0 Å². The van der Waals surface area contributed by atoms with Crippen LogP contribution in [0.4, 0.5) is 0 Å². The molecule has 0 bridgehead atoms. The quantitative estimate of drug-likeness (QED) is 0.724. The van der Waals surface area contributed by atoms with E-state index in [1.54, 1.807) is 12.3 Å². The van der Waals surface area contributed by atoms with Crippen molar-refractivity contribution in [3.63, 3.8) is 0 Å². The van der Waals surface area contributed by atoms with Crippen LogP contribution in [0.25, 0.3) is 0 Å². The van der Waals surface area contributed by atoms with E-state index in [0.717, 1.165) is 5.56 Å². The van der Waals surface area contributed by atoms with Gasteiger partial charge in [-0.05, 0) is 15.9 Å². The first kappa shape index (κ1) is 6.79. The summed E-state index contributed by atoms with van der Waals surface area (Å²) in [5.74, 6) is 0. The Bertz CT molecular complexity index is 271. The van der Waals surface area contributed by atoms with Gasteiger partial charge in [-0.25, -0.2) is 0 Å². The van der Waals surface area contributed by atoms with E-state index in [-0.39, 0.29) is 6.29 Å². The van der Waals surface area contributed by atoms with Crippen LogP contribution in [0.1, 0.15) is 11.9 Å². The smallest absolute Gasteiger partial charge is 0.269 e. The van der Waals surface area contributed by atoms with Crippen molar-refractivity contribution in [1.82, 2.24) is 0 Å². The summed E-state index contributed by atoms with van der Waals surface area (Å²) in [7, 11) is 0. The summed E-state index contributed by atoms with van der Waals surface area (Å²) < 4.78 is 15.8. The molecule has 1 aliphatic heterocycles. The lowest BCUT2D eigenvalue weighted by molar-refractivity contribution is -0.0249. The summed E-state index contributed by atoms with van der Waals surface area (Å²) in [4.78, 5) is 0. The summed E-state index contributed by atoms with van der Waals surface area (Å²) in [6, 6.07) is 1.80. The zero-order valence-electron chi connectivity index (χ0n) is 5.49. The van der Waals surface area contributed by atoms with Crippen molar-refractivity contribution in [2.24, 2.45) is 0 Å². The van der Waals surface area contributed by atoms with Gasteiger partial charge in [0.2, 0.25) is 0 Å². The zero-order chi connectivity index (χ0) is 7.68. The molecule has 0 amide bonds. The summed E-state index contributed by atoms with van der Waals surface area (Å²) in [5.41, 5.74) is 0.863. The third-order valence-electron chi connectivity index (χ3n) is 1.32. The average molecular weight is 217 g/mol. The van der Waals surface area contributed by atoms with Crippen LogP contribution in [0.3, 0.4) is 0 Å². The molecule has 0 spiro atoms. The van der Waals surface area contributed by atoms with E-state index >= 15 is 0 Å². The van der Waals surface area contributed by atoms with E-state index in [4.69, 9.17) is 13.9 Å². The molecule has 0 saturated carbocycles. The van der Waals surface area contributed by atoms with Gasteiger partial charge >= 0.3 is 0 Å². The number of hydrogen-bond donors (Lipinski definition) is 0. The minimum Gasteiger partial charge on any atom is -0.457 e. The van der Waals surface area contributed by atoms with E-state index in [1.165, 1.54) is 12.5 Å². The third-order valence-corrected chi connectivity index (χ3v) is 1.74. The van der Waals surface area contributed by atoms with Crippen LogP contribution >= 0.6 is 15.9 Å². The van der Waals surface area contributed by atoms with Gasteiger partial charge in [-0.3, -0.25) is 0 Å². The summed E-state index contributed by atoms with van der Waals surface area (Å²) in [5, 5.41) is 0. The topological polar surface area (TPSA) is 31.6 Å². The van der Waals surface area contributed by atoms with Crippen molar-refractivity contribution in [3.05, 3.63) is 35.1 Å². The number of furan rings is 1. The fourth-order valence-electron chi connectivity index (χ4n) is 0.843. The zero-order valence-corrected chi connectivity index (χ0v) is 7.08. The molecule has 0 radical (unpaired) electrons. The standard InChI is InChI=1S/C7H5BrO3/c8-6-3-5(4-11-6)7-9-1-2-10-7/h1-4,7H. The second-order valence-corrected chi connectivity index (χ2v) is 2.84. The summed E-state index contributed by atoms with van der Waals surface area (Å²) >= 11 is 3.18. The molecule has 0 atom stereocenters. The molecule has 58 valence electrons. The summed E-state index contributed by atoms with van der Waals surface area (Å²) in [6.07, 6.45) is 4.25. The van der Waals surface area contributed by atoms with Gasteiger partial charge < -0.3 is 13.9 Å². The van der Waals surface area contributed by atoms with Gasteiger partial charge in [0.1, 0.15) is 18.8 Å². The Hall–Kier alpha value is -0.900. The van der Waals surface area contributed by atoms with Gasteiger partial charge in [-0.15, -0.1) is 0 Å². The molecular weight excluding hydrogens is 212 g/mol. The molecule has 0 unspecified atom stereocenters. The van der Waals surface area contributed by atoms with E-state index in [9.17, 15) is 0 Å². The van der Waals surface area contributed by atoms with Crippen LogP contribution in [0, 0.1) is 0 Å². The third kappa shape index (κ3) is 1.26. The van der Waals surface area contributed by atoms with Crippen molar-refractivity contribution in [2.75, 3.05) is 0 Å². The Morgan fingerprint density at radius 1 is 1.27 bits per heavy atom. The van der Waals surface area contributed by atoms with Gasteiger partial charge in [0.25, 0.3) is 6.29 Å². The Labute approximate surface area is 71.7 Å². The monoisotopic (exact) mass is 216 g/mol. The Kier molecular flexibility index (Phi) is 1.62. The van der Waals surface area contributed by atoms with Gasteiger partial charge in [0.15, 0.2) is 4.67 Å². The molecule has 2 rings (SSSR count). The van der Waals surface area contributed by atoms with Crippen LogP contribution in [0.2, 0.25) is 0 Å². The average Bonchev–Trinajstić information content (AvgIpc) is 2.55. The molecule has 1 aromatic rings. The molecule has 0 saturated heterocycles. The molecule has 11 heavy (non-hydrogen) atoms. The molecule has 1 aromatic heterocycles. The lowest BCUT2D eigenvalue weighted by Gasteiger charge is -2.05. The minimum atomic E-state index is -0.343. The maximum atomic E-state index is 5.07. The minimum absolute atomic E-state index is 0.343. The van der Waals surface area contributed by atoms with Crippen molar-refractivity contribution in [1.29, 1.82) is 0 Å². The first-order chi connectivity index (χ1) is 5.36. The molecule has 0 aliphatic carbocycles. The second kappa shape index (κ2) is 2.62. The molecule has 3 nitrogen and oxygen atoms in total. The fourth-order valence-corrected chi connectivity index (χ4v) is 1.20. The van der Waals surface area contributed by atoms with Gasteiger partial charge in [-0.2, -0.15) is 0 Å². The fraction of sp³-hybridized carbons (Fsp3) is 0.143. The number of halogens is 1. The van der Waals surface area contributed by atoms with Crippen molar-refractivity contribution < 1.29 is 13.9 Å². The van der Waals surface area contributed by atoms with E-state index in [1.807, 2.05) is 0 Å². The van der Waals surface area contributed by atoms with E-state index in [0.29, 0.717) is 4.67 Å². The Morgan fingerprint density at radius 3 is 2.55 bits per heavy atom. The van der Waals surface area contributed by atoms with Gasteiger partial charge in [-0.1, -0.05) is 0 Å². The molecular formula is C7H5BrO3. The second-order valence-electron chi connectivity index (χ2n) is 2.06. The summed E-state index contributed by atoms with van der Waals surface area (Å²) in [6.45, 7) is 0. The van der Waals surface area contributed by atoms with Crippen LogP contribution < -0.4 is 0 Å². The highest BCUT2D eigenvalue weighted by Crippen LogP contribution is 2.27. The maximum Gasteiger partial charge on any atom is 0.269 e. The molecule has 0 fully saturated rings. The number of rotatable bonds is 1. The Morgan fingerprint density at radius 2 is 2.00 bits per heavy atom. The maximum absolute atomic E-state index is 5.07. The van der Waals surface area contributed by atoms with Gasteiger partial charge in [0.05, 0.1) is 5.56 Å². The van der Waals surface area contributed by atoms with Crippen LogP contribution in [-0.4, -0.2) is 0 Å². The SMILES string of the molecule is Brc1cc(C2OC=CO2)co1. The molecule has 4 heteroatoms. The van der Waals surface area contributed by atoms with Crippen molar-refractivity contribution in [2.45, 2.75) is 6.29 Å². The molecule has 2 heterocycles. The van der Waals surface area contributed by atoms with Crippen molar-refractivity contribution >= 4 is 15.9 Å². The van der Waals surface area contributed by atoms with Gasteiger partial charge in [0, 0.05) is 6.07 Å². The van der Waals surface area contributed by atoms with Crippen LogP contribution in [-0.2, 0) is 9.47 Å². The lowest BCUT2D eigenvalue weighted by Crippen LogP contribution is -1.94. The Balaban J connectivity index is 2.17. The van der Waals surface area contributed by atoms with E-state index < -0.39 is 0 Å². The highest BCUT2D eigenvalue weighted by Gasteiger charge is 2.17. The molecule has 1 aliphatic rings. The van der Waals surface area contributed by atoms with Crippen molar-refractivity contribution in [3.8, 4) is 0 Å². The van der Waals surface area contributed by atoms with Crippen LogP contribution in [0.15, 0.2) is 33.9 Å².